The third kappa shape index (κ3) is 2.07. The number of carbonyl (C=O) groups excluding carboxylic acids is 2. The van der Waals surface area contributed by atoms with E-state index in [9.17, 15) is 9.59 Å². The largest absolute Gasteiger partial charge is 0.331 e. The Morgan fingerprint density at radius 1 is 1.25 bits per heavy atom. The number of fused-ring (bicyclic) bond motifs is 2. The van der Waals surface area contributed by atoms with Crippen LogP contribution in [0, 0.1) is 0 Å². The van der Waals surface area contributed by atoms with Crippen molar-refractivity contribution in [3.8, 4) is 0 Å². The number of allylic oxidation sites excluding steroid dienone is 3. The van der Waals surface area contributed by atoms with Crippen LogP contribution in [0.1, 0.15) is 10.4 Å². The van der Waals surface area contributed by atoms with Crippen LogP contribution in [-0.2, 0) is 0 Å². The molecule has 0 bridgehead atoms. The summed E-state index contributed by atoms with van der Waals surface area (Å²) >= 11 is 1.81. The highest BCUT2D eigenvalue weighted by atomic mass is 127. The Labute approximate surface area is 130 Å². The number of nitrogens with one attached hydrogen (secondary N) is 1. The summed E-state index contributed by atoms with van der Waals surface area (Å²) in [5.41, 5.74) is 1.98. The Morgan fingerprint density at radius 2 is 2.05 bits per heavy atom. The molecule has 0 saturated heterocycles. The fourth-order valence-electron chi connectivity index (χ4n) is 2.47. The van der Waals surface area contributed by atoms with Gasteiger partial charge in [0.15, 0.2) is 5.78 Å². The summed E-state index contributed by atoms with van der Waals surface area (Å²) < 4.78 is 2.61. The first kappa shape index (κ1) is 13.1. The monoisotopic (exact) mass is 378 g/mol. The van der Waals surface area contributed by atoms with Crippen molar-refractivity contribution in [3.63, 3.8) is 0 Å². The number of benzene rings is 1. The van der Waals surface area contributed by atoms with E-state index in [1.807, 2.05) is 53.2 Å². The molecule has 1 N–H and O–H groups in total. The number of amides is 2. The van der Waals surface area contributed by atoms with Gasteiger partial charge < -0.3 is 0 Å². The lowest BCUT2D eigenvalue weighted by atomic mass is 10.0. The number of para-hydroxylation sites is 1. The van der Waals surface area contributed by atoms with E-state index in [0.29, 0.717) is 11.3 Å². The lowest BCUT2D eigenvalue weighted by Crippen LogP contribution is -2.44. The van der Waals surface area contributed by atoms with E-state index >= 15 is 0 Å². The van der Waals surface area contributed by atoms with Gasteiger partial charge in [-0.15, -0.1) is 0 Å². The molecule has 1 aromatic carbocycles. The van der Waals surface area contributed by atoms with Gasteiger partial charge in [-0.25, -0.2) is 4.79 Å². The minimum Gasteiger partial charge on any atom is -0.289 e. The fourth-order valence-corrected chi connectivity index (χ4v) is 2.73. The Balaban J connectivity index is 2.23. The Bertz CT molecular complexity index is 676. The SMILES string of the molecule is O=C1C=C2C=CC=CC2N(C(=O)NI)c2ccccc21. The van der Waals surface area contributed by atoms with Gasteiger partial charge in [0.1, 0.15) is 0 Å². The number of anilines is 1. The summed E-state index contributed by atoms with van der Waals surface area (Å²) in [7, 11) is 0. The van der Waals surface area contributed by atoms with Crippen molar-refractivity contribution in [2.45, 2.75) is 6.04 Å². The molecule has 4 nitrogen and oxygen atoms in total. The molecule has 0 aromatic heterocycles. The summed E-state index contributed by atoms with van der Waals surface area (Å²) in [5.74, 6) is -0.0793. The van der Waals surface area contributed by atoms with Crippen LogP contribution in [0.25, 0.3) is 0 Å². The van der Waals surface area contributed by atoms with Crippen molar-refractivity contribution in [2.24, 2.45) is 0 Å². The molecule has 1 aromatic rings. The summed E-state index contributed by atoms with van der Waals surface area (Å²) in [6, 6.07) is 6.66. The van der Waals surface area contributed by atoms with Gasteiger partial charge in [0.05, 0.1) is 34.6 Å². The molecule has 1 heterocycles. The summed E-state index contributed by atoms with van der Waals surface area (Å²) in [6.07, 6.45) is 9.12. The van der Waals surface area contributed by atoms with Gasteiger partial charge in [0.25, 0.3) is 0 Å². The molecule has 2 amide bonds. The van der Waals surface area contributed by atoms with Crippen LogP contribution in [0.4, 0.5) is 10.5 Å². The van der Waals surface area contributed by atoms with Crippen LogP contribution >= 0.6 is 22.9 Å². The Kier molecular flexibility index (Phi) is 3.43. The molecular weight excluding hydrogens is 367 g/mol. The molecule has 1 aliphatic heterocycles. The number of urea groups is 1. The van der Waals surface area contributed by atoms with Crippen LogP contribution in [0.3, 0.4) is 0 Å². The van der Waals surface area contributed by atoms with Gasteiger partial charge in [-0.1, -0.05) is 36.4 Å². The lowest BCUT2D eigenvalue weighted by molar-refractivity contribution is 0.104. The number of hydrogen-bond donors (Lipinski definition) is 1. The molecule has 0 fully saturated rings. The van der Waals surface area contributed by atoms with E-state index in [1.54, 1.807) is 29.2 Å². The van der Waals surface area contributed by atoms with Crippen molar-refractivity contribution in [1.29, 1.82) is 0 Å². The second-order valence-electron chi connectivity index (χ2n) is 4.48. The minimum atomic E-state index is -0.262. The van der Waals surface area contributed by atoms with E-state index in [2.05, 4.69) is 3.53 Å². The second kappa shape index (κ2) is 5.24. The zero-order valence-corrected chi connectivity index (χ0v) is 12.6. The summed E-state index contributed by atoms with van der Waals surface area (Å²) in [5, 5.41) is 0. The highest BCUT2D eigenvalue weighted by Gasteiger charge is 2.32. The zero-order chi connectivity index (χ0) is 14.1. The number of ketones is 1. The third-order valence-corrected chi connectivity index (χ3v) is 3.80. The molecule has 1 unspecified atom stereocenters. The molecule has 20 heavy (non-hydrogen) atoms. The van der Waals surface area contributed by atoms with E-state index in [0.717, 1.165) is 5.57 Å². The molecule has 1 aliphatic carbocycles. The number of carbonyl (C=O) groups is 2. The molecule has 1 atom stereocenters. The average Bonchev–Trinajstić information content (AvgIpc) is 2.61. The van der Waals surface area contributed by atoms with Gasteiger partial charge in [0.2, 0.25) is 0 Å². The third-order valence-electron chi connectivity index (χ3n) is 3.34. The van der Waals surface area contributed by atoms with Crippen LogP contribution in [0.2, 0.25) is 0 Å². The molecular formula is C15H11IN2O2. The van der Waals surface area contributed by atoms with Crippen molar-refractivity contribution in [1.82, 2.24) is 3.53 Å². The molecule has 3 rings (SSSR count). The van der Waals surface area contributed by atoms with Crippen LogP contribution in [-0.4, -0.2) is 17.9 Å². The maximum absolute atomic E-state index is 12.3. The maximum Gasteiger partial charge on any atom is 0.331 e. The first-order valence-electron chi connectivity index (χ1n) is 6.12. The molecule has 0 spiro atoms. The molecule has 0 saturated carbocycles. The molecule has 100 valence electrons. The number of nitrogens with zero attached hydrogens (tertiary/aromatic N) is 1. The summed E-state index contributed by atoms with van der Waals surface area (Å²) in [6.45, 7) is 0. The van der Waals surface area contributed by atoms with Crippen molar-refractivity contribution in [3.05, 3.63) is 65.8 Å². The Hall–Kier alpha value is -1.89. The predicted octanol–water partition coefficient (Wildman–Crippen LogP) is 3.17. The number of rotatable bonds is 0. The van der Waals surface area contributed by atoms with Crippen molar-refractivity contribution in [2.75, 3.05) is 4.90 Å². The number of hydrogen-bond acceptors (Lipinski definition) is 2. The van der Waals surface area contributed by atoms with Crippen LogP contribution in [0.15, 0.2) is 60.2 Å². The van der Waals surface area contributed by atoms with Crippen molar-refractivity contribution >= 4 is 40.4 Å². The van der Waals surface area contributed by atoms with Crippen LogP contribution < -0.4 is 8.43 Å². The molecule has 5 heteroatoms. The minimum absolute atomic E-state index is 0.0793. The van der Waals surface area contributed by atoms with Gasteiger partial charge >= 0.3 is 6.03 Å². The quantitative estimate of drug-likeness (QED) is 0.557. The standard InChI is InChI=1S/C15H11IN2O2/c16-17-15(20)18-12-7-3-1-5-10(12)9-14(19)11-6-2-4-8-13(11)18/h1-9,12H,(H,17,20). The van der Waals surface area contributed by atoms with E-state index in [-0.39, 0.29) is 17.9 Å². The van der Waals surface area contributed by atoms with E-state index in [1.165, 1.54) is 0 Å². The lowest BCUT2D eigenvalue weighted by Gasteiger charge is -2.30. The average molecular weight is 378 g/mol. The first-order chi connectivity index (χ1) is 9.72. The van der Waals surface area contributed by atoms with Gasteiger partial charge in [0, 0.05) is 5.56 Å². The molecule has 2 aliphatic rings. The summed E-state index contributed by atoms with van der Waals surface area (Å²) in [4.78, 5) is 26.2. The predicted molar refractivity (Wildman–Crippen MR) is 86.0 cm³/mol. The highest BCUT2D eigenvalue weighted by Crippen LogP contribution is 2.32. The van der Waals surface area contributed by atoms with Crippen LogP contribution in [0.5, 0.6) is 0 Å². The van der Waals surface area contributed by atoms with E-state index < -0.39 is 0 Å². The molecule has 0 radical (unpaired) electrons. The Morgan fingerprint density at radius 3 is 2.85 bits per heavy atom. The first-order valence-corrected chi connectivity index (χ1v) is 7.20. The topological polar surface area (TPSA) is 49.4 Å². The second-order valence-corrected chi connectivity index (χ2v) is 5.02. The van der Waals surface area contributed by atoms with E-state index in [4.69, 9.17) is 0 Å². The number of halogens is 1. The maximum atomic E-state index is 12.3. The highest BCUT2D eigenvalue weighted by molar-refractivity contribution is 14.1. The fraction of sp³-hybridized carbons (Fsp3) is 0.0667. The zero-order valence-electron chi connectivity index (χ0n) is 10.4. The van der Waals surface area contributed by atoms with Gasteiger partial charge in [-0.2, -0.15) is 0 Å². The van der Waals surface area contributed by atoms with Gasteiger partial charge in [-0.3, -0.25) is 13.2 Å². The smallest absolute Gasteiger partial charge is 0.289 e. The van der Waals surface area contributed by atoms with Crippen molar-refractivity contribution < 1.29 is 9.59 Å². The normalized spacial score (nSPS) is 19.9. The van der Waals surface area contributed by atoms with Gasteiger partial charge in [-0.05, 0) is 23.8 Å².